The molecule has 0 spiro atoms. The van der Waals surface area contributed by atoms with E-state index in [2.05, 4.69) is 10.6 Å². The van der Waals surface area contributed by atoms with E-state index in [-0.39, 0.29) is 24.1 Å². The second-order valence-electron chi connectivity index (χ2n) is 4.85. The van der Waals surface area contributed by atoms with Crippen molar-refractivity contribution in [3.63, 3.8) is 0 Å². The fraction of sp³-hybridized carbons (Fsp3) is 0.769. The van der Waals surface area contributed by atoms with E-state index in [0.29, 0.717) is 32.2 Å². The Kier molecular flexibility index (Phi) is 10.4. The van der Waals surface area contributed by atoms with Gasteiger partial charge < -0.3 is 21.6 Å². The number of hydroxylamine groups is 1. The number of carbonyl (C=O) groups is 3. The predicted molar refractivity (Wildman–Crippen MR) is 77.5 cm³/mol. The van der Waals surface area contributed by atoms with Crippen molar-refractivity contribution in [3.05, 3.63) is 0 Å². The Hall–Kier alpha value is -1.51. The largest absolute Gasteiger partial charge is 0.355 e. The molecule has 0 saturated heterocycles. The first kappa shape index (κ1) is 19.5. The van der Waals surface area contributed by atoms with Gasteiger partial charge in [-0.15, -0.1) is 0 Å². The van der Waals surface area contributed by atoms with Gasteiger partial charge in [0.25, 0.3) is 0 Å². The van der Waals surface area contributed by atoms with Crippen LogP contribution in [0.2, 0.25) is 0 Å². The molecule has 0 bridgehead atoms. The summed E-state index contributed by atoms with van der Waals surface area (Å²) in [5.41, 5.74) is 7.56. The average molecular weight is 302 g/mol. The topological polar surface area (TPSA) is 134 Å². The Morgan fingerprint density at radius 3 is 2.38 bits per heavy atom. The Bertz CT molecular complexity index is 349. The Morgan fingerprint density at radius 1 is 1.14 bits per heavy atom. The van der Waals surface area contributed by atoms with Gasteiger partial charge in [-0.1, -0.05) is 6.92 Å². The van der Waals surface area contributed by atoms with Crippen molar-refractivity contribution < 1.29 is 19.6 Å². The third kappa shape index (κ3) is 9.11. The smallest absolute Gasteiger partial charge is 0.239 e. The molecule has 0 aromatic rings. The van der Waals surface area contributed by atoms with E-state index < -0.39 is 12.1 Å². The lowest BCUT2D eigenvalue weighted by molar-refractivity contribution is -0.126. The van der Waals surface area contributed by atoms with E-state index in [1.807, 2.05) is 5.48 Å². The zero-order valence-corrected chi connectivity index (χ0v) is 12.6. The molecular weight excluding hydrogens is 276 g/mol. The van der Waals surface area contributed by atoms with Crippen molar-refractivity contribution in [2.24, 2.45) is 5.73 Å². The number of nitrogens with two attached hydrogens (primary N) is 1. The van der Waals surface area contributed by atoms with Gasteiger partial charge in [0.1, 0.15) is 6.04 Å². The Balaban J connectivity index is 3.70. The minimum Gasteiger partial charge on any atom is -0.355 e. The van der Waals surface area contributed by atoms with Crippen molar-refractivity contribution in [1.82, 2.24) is 16.1 Å². The summed E-state index contributed by atoms with van der Waals surface area (Å²) >= 11 is 0. The minimum absolute atomic E-state index is 0.0190. The summed E-state index contributed by atoms with van der Waals surface area (Å²) in [7, 11) is 0. The summed E-state index contributed by atoms with van der Waals surface area (Å²) in [5, 5.41) is 13.7. The van der Waals surface area contributed by atoms with E-state index >= 15 is 0 Å². The molecule has 0 heterocycles. The molecule has 0 aromatic carbocycles. The van der Waals surface area contributed by atoms with Crippen LogP contribution in [-0.4, -0.2) is 48.0 Å². The number of amides is 2. The molecule has 21 heavy (non-hydrogen) atoms. The number of ketones is 1. The first-order valence-corrected chi connectivity index (χ1v) is 7.14. The average Bonchev–Trinajstić information content (AvgIpc) is 2.50. The molecule has 0 radical (unpaired) electrons. The van der Waals surface area contributed by atoms with E-state index in [4.69, 9.17) is 10.9 Å². The highest BCUT2D eigenvalue weighted by Crippen LogP contribution is 1.98. The lowest BCUT2D eigenvalue weighted by atomic mass is 10.1. The van der Waals surface area contributed by atoms with Crippen LogP contribution in [0.3, 0.4) is 0 Å². The Morgan fingerprint density at radius 2 is 1.81 bits per heavy atom. The van der Waals surface area contributed by atoms with Gasteiger partial charge in [0.2, 0.25) is 11.8 Å². The second-order valence-corrected chi connectivity index (χ2v) is 4.85. The molecule has 2 atom stereocenters. The zero-order chi connectivity index (χ0) is 16.3. The monoisotopic (exact) mass is 302 g/mol. The SMILES string of the molecule is CCC(=O)CNC(=O)[C@@H](N)CCCCNC(=O)[C@H](C)NO. The second kappa shape index (κ2) is 11.2. The lowest BCUT2D eigenvalue weighted by Gasteiger charge is -2.12. The standard InChI is InChI=1S/C13H26N4O4/c1-3-10(18)8-16-13(20)11(14)6-4-5-7-15-12(19)9(2)17-21/h9,11,17,21H,3-8,14H2,1-2H3,(H,15,19)(H,16,20)/t9-,11-/m0/s1. The number of rotatable bonds is 11. The quantitative estimate of drug-likeness (QED) is 0.247. The summed E-state index contributed by atoms with van der Waals surface area (Å²) in [6.07, 6.45) is 2.22. The first-order valence-electron chi connectivity index (χ1n) is 7.14. The van der Waals surface area contributed by atoms with Gasteiger partial charge in [-0.25, -0.2) is 0 Å². The van der Waals surface area contributed by atoms with Crippen LogP contribution in [0.5, 0.6) is 0 Å². The molecule has 0 aliphatic carbocycles. The van der Waals surface area contributed by atoms with Crippen LogP contribution in [0, 0.1) is 0 Å². The number of hydrogen-bond acceptors (Lipinski definition) is 6. The lowest BCUT2D eigenvalue weighted by Crippen LogP contribution is -2.42. The van der Waals surface area contributed by atoms with Crippen molar-refractivity contribution in [2.75, 3.05) is 13.1 Å². The molecule has 0 fully saturated rings. The molecule has 0 aliphatic rings. The molecule has 0 saturated carbocycles. The summed E-state index contributed by atoms with van der Waals surface area (Å²) in [5.74, 6) is -0.665. The van der Waals surface area contributed by atoms with E-state index in [1.54, 1.807) is 6.92 Å². The molecule has 0 rings (SSSR count). The van der Waals surface area contributed by atoms with E-state index in [0.717, 1.165) is 0 Å². The van der Waals surface area contributed by atoms with Crippen molar-refractivity contribution >= 4 is 17.6 Å². The molecule has 122 valence electrons. The number of carbonyl (C=O) groups excluding carboxylic acids is 3. The summed E-state index contributed by atoms with van der Waals surface area (Å²) < 4.78 is 0. The number of Topliss-reactive ketones (excluding diaryl/α,β-unsaturated/α-hetero) is 1. The summed E-state index contributed by atoms with van der Waals surface area (Å²) in [6, 6.07) is -1.31. The number of unbranched alkanes of at least 4 members (excludes halogenated alkanes) is 1. The molecule has 6 N–H and O–H groups in total. The van der Waals surface area contributed by atoms with Crippen LogP contribution < -0.4 is 21.8 Å². The van der Waals surface area contributed by atoms with Gasteiger partial charge in [-0.05, 0) is 26.2 Å². The highest BCUT2D eigenvalue weighted by molar-refractivity contribution is 5.88. The maximum Gasteiger partial charge on any atom is 0.239 e. The molecular formula is C13H26N4O4. The molecule has 0 unspecified atom stereocenters. The van der Waals surface area contributed by atoms with Gasteiger partial charge in [0.15, 0.2) is 5.78 Å². The third-order valence-corrected chi connectivity index (χ3v) is 3.02. The predicted octanol–water partition coefficient (Wildman–Crippen LogP) is -0.937. The fourth-order valence-electron chi connectivity index (χ4n) is 1.49. The number of nitrogens with one attached hydrogen (secondary N) is 3. The maximum absolute atomic E-state index is 11.6. The van der Waals surface area contributed by atoms with Crippen LogP contribution in [0.1, 0.15) is 39.5 Å². The van der Waals surface area contributed by atoms with Crippen molar-refractivity contribution in [1.29, 1.82) is 0 Å². The molecule has 0 aromatic heterocycles. The van der Waals surface area contributed by atoms with Gasteiger partial charge >= 0.3 is 0 Å². The van der Waals surface area contributed by atoms with Crippen LogP contribution in [-0.2, 0) is 14.4 Å². The van der Waals surface area contributed by atoms with Crippen LogP contribution in [0.15, 0.2) is 0 Å². The number of hydrogen-bond donors (Lipinski definition) is 5. The van der Waals surface area contributed by atoms with Gasteiger partial charge in [-0.3, -0.25) is 14.4 Å². The third-order valence-electron chi connectivity index (χ3n) is 3.02. The first-order chi connectivity index (χ1) is 9.92. The van der Waals surface area contributed by atoms with Gasteiger partial charge in [0.05, 0.1) is 12.6 Å². The van der Waals surface area contributed by atoms with Crippen LogP contribution in [0.4, 0.5) is 0 Å². The van der Waals surface area contributed by atoms with Gasteiger partial charge in [-0.2, -0.15) is 5.48 Å². The highest BCUT2D eigenvalue weighted by Gasteiger charge is 2.14. The fourth-order valence-corrected chi connectivity index (χ4v) is 1.49. The Labute approximate surface area is 124 Å². The van der Waals surface area contributed by atoms with E-state index in [9.17, 15) is 14.4 Å². The molecule has 8 nitrogen and oxygen atoms in total. The summed E-state index contributed by atoms with van der Waals surface area (Å²) in [4.78, 5) is 33.9. The maximum atomic E-state index is 11.6. The minimum atomic E-state index is -0.658. The highest BCUT2D eigenvalue weighted by atomic mass is 16.5. The van der Waals surface area contributed by atoms with Crippen molar-refractivity contribution in [2.45, 2.75) is 51.6 Å². The normalized spacial score (nSPS) is 13.3. The van der Waals surface area contributed by atoms with Crippen LogP contribution >= 0.6 is 0 Å². The molecule has 0 aliphatic heterocycles. The summed E-state index contributed by atoms with van der Waals surface area (Å²) in [6.45, 7) is 3.74. The van der Waals surface area contributed by atoms with Gasteiger partial charge in [0, 0.05) is 13.0 Å². The molecule has 8 heteroatoms. The van der Waals surface area contributed by atoms with Crippen molar-refractivity contribution in [3.8, 4) is 0 Å². The molecule has 2 amide bonds. The zero-order valence-electron chi connectivity index (χ0n) is 12.6. The van der Waals surface area contributed by atoms with E-state index in [1.165, 1.54) is 6.92 Å². The van der Waals surface area contributed by atoms with Crippen LogP contribution in [0.25, 0.3) is 0 Å².